The van der Waals surface area contributed by atoms with E-state index in [1.165, 1.54) is 5.56 Å². The van der Waals surface area contributed by atoms with Crippen LogP contribution in [0.5, 0.6) is 0 Å². The van der Waals surface area contributed by atoms with Crippen molar-refractivity contribution in [3.8, 4) is 0 Å². The number of aromatic nitrogens is 1. The van der Waals surface area contributed by atoms with Gasteiger partial charge in [-0.25, -0.2) is 0 Å². The minimum atomic E-state index is -0.116. The molecule has 2 unspecified atom stereocenters. The number of hydrogen-bond acceptors (Lipinski definition) is 4. The molecule has 3 aliphatic rings. The molecule has 4 aromatic rings. The molecule has 31 heavy (non-hydrogen) atoms. The van der Waals surface area contributed by atoms with Crippen molar-refractivity contribution in [2.75, 3.05) is 13.1 Å². The van der Waals surface area contributed by atoms with Gasteiger partial charge in [0, 0.05) is 29.9 Å². The molecule has 1 N–H and O–H groups in total. The highest BCUT2D eigenvalue weighted by atomic mass is 16.3. The Hall–Kier alpha value is -3.18. The standard InChI is InChI=1S/C26H25N3O2/c30-26(24-15-21-20-6-2-1-5-18(20)7-8-23(21)31-24)28-25-19-9-12-29(13-10-19)22(25)14-17-4-3-11-27-16-17/h1-8,11,15-16,19,22,25H,9-10,12-14H2,(H,28,30). The third kappa shape index (κ3) is 3.29. The minimum absolute atomic E-state index is 0.116. The van der Waals surface area contributed by atoms with Crippen LogP contribution >= 0.6 is 0 Å². The zero-order valence-corrected chi connectivity index (χ0v) is 17.3. The van der Waals surface area contributed by atoms with E-state index in [-0.39, 0.29) is 11.9 Å². The van der Waals surface area contributed by atoms with Crippen LogP contribution in [0.3, 0.4) is 0 Å². The summed E-state index contributed by atoms with van der Waals surface area (Å²) in [4.78, 5) is 20.1. The average molecular weight is 412 g/mol. The van der Waals surface area contributed by atoms with E-state index in [0.717, 1.165) is 54.1 Å². The predicted octanol–water partition coefficient (Wildman–Crippen LogP) is 4.42. The van der Waals surface area contributed by atoms with E-state index in [9.17, 15) is 4.79 Å². The molecule has 2 atom stereocenters. The molecule has 2 bridgehead atoms. The number of fused-ring (bicyclic) bond motifs is 6. The zero-order chi connectivity index (χ0) is 20.8. The number of piperidine rings is 3. The summed E-state index contributed by atoms with van der Waals surface area (Å²) in [5.74, 6) is 0.791. The maximum absolute atomic E-state index is 13.3. The van der Waals surface area contributed by atoms with Gasteiger partial charge in [-0.05, 0) is 72.8 Å². The summed E-state index contributed by atoms with van der Waals surface area (Å²) in [5, 5.41) is 6.60. The third-order valence-electron chi connectivity index (χ3n) is 7.08. The fraction of sp³-hybridized carbons (Fsp3) is 0.308. The van der Waals surface area contributed by atoms with Crippen molar-refractivity contribution in [3.63, 3.8) is 0 Å². The molecule has 5 nitrogen and oxygen atoms in total. The molecule has 0 aliphatic carbocycles. The molecule has 3 saturated heterocycles. The fourth-order valence-electron chi connectivity index (χ4n) is 5.51. The van der Waals surface area contributed by atoms with E-state index in [1.807, 2.05) is 42.6 Å². The number of benzene rings is 2. The van der Waals surface area contributed by atoms with Crippen molar-refractivity contribution >= 4 is 27.6 Å². The quantitative estimate of drug-likeness (QED) is 0.540. The highest BCUT2D eigenvalue weighted by molar-refractivity contribution is 6.08. The van der Waals surface area contributed by atoms with Gasteiger partial charge < -0.3 is 9.73 Å². The van der Waals surface area contributed by atoms with Gasteiger partial charge in [0.25, 0.3) is 5.91 Å². The Kier molecular flexibility index (Phi) is 4.50. The van der Waals surface area contributed by atoms with Gasteiger partial charge in [0.1, 0.15) is 5.58 Å². The first-order valence-electron chi connectivity index (χ1n) is 11.1. The van der Waals surface area contributed by atoms with Gasteiger partial charge in [0.2, 0.25) is 0 Å². The molecule has 3 aliphatic heterocycles. The number of rotatable bonds is 4. The van der Waals surface area contributed by atoms with Crippen molar-refractivity contribution < 1.29 is 9.21 Å². The zero-order valence-electron chi connectivity index (χ0n) is 17.3. The molecule has 3 fully saturated rings. The van der Waals surface area contributed by atoms with Crippen LogP contribution in [0.2, 0.25) is 0 Å². The molecule has 2 aromatic heterocycles. The molecule has 2 aromatic carbocycles. The molecule has 0 radical (unpaired) electrons. The van der Waals surface area contributed by atoms with Crippen LogP contribution in [0.4, 0.5) is 0 Å². The summed E-state index contributed by atoms with van der Waals surface area (Å²) in [6, 6.07) is 18.6. The van der Waals surface area contributed by atoms with E-state index < -0.39 is 0 Å². The smallest absolute Gasteiger partial charge is 0.287 e. The number of amides is 1. The first-order chi connectivity index (χ1) is 15.3. The minimum Gasteiger partial charge on any atom is -0.451 e. The molecular weight excluding hydrogens is 386 g/mol. The van der Waals surface area contributed by atoms with Gasteiger partial charge >= 0.3 is 0 Å². The van der Waals surface area contributed by atoms with E-state index >= 15 is 0 Å². The highest BCUT2D eigenvalue weighted by Crippen LogP contribution is 2.34. The van der Waals surface area contributed by atoms with Crippen LogP contribution in [-0.2, 0) is 6.42 Å². The van der Waals surface area contributed by atoms with E-state index in [2.05, 4.69) is 33.4 Å². The molecule has 1 amide bonds. The lowest BCUT2D eigenvalue weighted by Gasteiger charge is -2.51. The maximum atomic E-state index is 13.3. The van der Waals surface area contributed by atoms with Gasteiger partial charge in [-0.15, -0.1) is 0 Å². The first-order valence-corrected chi connectivity index (χ1v) is 11.1. The van der Waals surface area contributed by atoms with Crippen LogP contribution in [0.25, 0.3) is 21.7 Å². The van der Waals surface area contributed by atoms with Crippen molar-refractivity contribution in [2.24, 2.45) is 5.92 Å². The van der Waals surface area contributed by atoms with Crippen molar-refractivity contribution in [1.82, 2.24) is 15.2 Å². The molecular formula is C26H25N3O2. The van der Waals surface area contributed by atoms with Crippen LogP contribution in [0.1, 0.15) is 29.0 Å². The molecule has 7 rings (SSSR count). The first kappa shape index (κ1) is 18.6. The largest absolute Gasteiger partial charge is 0.451 e. The number of hydrogen-bond donors (Lipinski definition) is 1. The second-order valence-corrected chi connectivity index (χ2v) is 8.81. The van der Waals surface area contributed by atoms with Crippen molar-refractivity contribution in [3.05, 3.63) is 78.3 Å². The fourth-order valence-corrected chi connectivity index (χ4v) is 5.51. The van der Waals surface area contributed by atoms with Crippen LogP contribution in [0, 0.1) is 5.92 Å². The predicted molar refractivity (Wildman–Crippen MR) is 121 cm³/mol. The summed E-state index contributed by atoms with van der Waals surface area (Å²) in [6.07, 6.45) is 6.92. The summed E-state index contributed by atoms with van der Waals surface area (Å²) in [5.41, 5.74) is 1.97. The van der Waals surface area contributed by atoms with Gasteiger partial charge in [-0.3, -0.25) is 14.7 Å². The molecule has 5 heteroatoms. The van der Waals surface area contributed by atoms with Crippen molar-refractivity contribution in [1.29, 1.82) is 0 Å². The number of carbonyl (C=O) groups excluding carboxylic acids is 1. The Labute approximate surface area is 181 Å². The Morgan fingerprint density at radius 3 is 2.77 bits per heavy atom. The Morgan fingerprint density at radius 2 is 1.94 bits per heavy atom. The number of furan rings is 1. The lowest BCUT2D eigenvalue weighted by Crippen LogP contribution is -2.64. The molecule has 5 heterocycles. The Bertz CT molecular complexity index is 1240. The maximum Gasteiger partial charge on any atom is 0.287 e. The van der Waals surface area contributed by atoms with E-state index in [0.29, 0.717) is 17.7 Å². The van der Waals surface area contributed by atoms with Gasteiger partial charge in [-0.1, -0.05) is 36.4 Å². The summed E-state index contributed by atoms with van der Waals surface area (Å²) in [6.45, 7) is 2.22. The monoisotopic (exact) mass is 411 g/mol. The van der Waals surface area contributed by atoms with E-state index in [1.54, 1.807) is 6.20 Å². The lowest BCUT2D eigenvalue weighted by molar-refractivity contribution is 0.0131. The van der Waals surface area contributed by atoms with Gasteiger partial charge in [-0.2, -0.15) is 0 Å². The number of carbonyl (C=O) groups is 1. The lowest BCUT2D eigenvalue weighted by atomic mass is 9.76. The summed E-state index contributed by atoms with van der Waals surface area (Å²) in [7, 11) is 0. The number of nitrogens with one attached hydrogen (secondary N) is 1. The van der Waals surface area contributed by atoms with Crippen LogP contribution in [0.15, 0.2) is 71.4 Å². The Balaban J connectivity index is 1.29. The van der Waals surface area contributed by atoms with Gasteiger partial charge in [0.15, 0.2) is 5.76 Å². The average Bonchev–Trinajstić information content (AvgIpc) is 3.27. The summed E-state index contributed by atoms with van der Waals surface area (Å²) >= 11 is 0. The Morgan fingerprint density at radius 1 is 1.06 bits per heavy atom. The second-order valence-electron chi connectivity index (χ2n) is 8.81. The van der Waals surface area contributed by atoms with Crippen LogP contribution < -0.4 is 5.32 Å². The van der Waals surface area contributed by atoms with Gasteiger partial charge in [0.05, 0.1) is 0 Å². The number of pyridine rings is 1. The van der Waals surface area contributed by atoms with Crippen LogP contribution in [-0.4, -0.2) is 41.0 Å². The number of nitrogens with zero attached hydrogens (tertiary/aromatic N) is 2. The molecule has 0 saturated carbocycles. The van der Waals surface area contributed by atoms with Crippen molar-refractivity contribution in [2.45, 2.75) is 31.3 Å². The molecule has 0 spiro atoms. The second kappa shape index (κ2) is 7.50. The summed E-state index contributed by atoms with van der Waals surface area (Å²) < 4.78 is 5.98. The highest BCUT2D eigenvalue weighted by Gasteiger charge is 2.43. The third-order valence-corrected chi connectivity index (χ3v) is 7.08. The normalized spacial score (nSPS) is 25.2. The molecule has 156 valence electrons. The topological polar surface area (TPSA) is 58.4 Å². The SMILES string of the molecule is O=C(NC1C2CCN(CC2)C1Cc1cccnc1)c1cc2c(ccc3ccccc32)o1. The van der Waals surface area contributed by atoms with E-state index in [4.69, 9.17) is 4.42 Å².